The summed E-state index contributed by atoms with van der Waals surface area (Å²) >= 11 is 5.11. The summed E-state index contributed by atoms with van der Waals surface area (Å²) in [4.78, 5) is 26.1. The first-order valence-corrected chi connectivity index (χ1v) is 8.68. The second-order valence-corrected chi connectivity index (χ2v) is 7.08. The largest absolute Gasteiger partial charge is 0.481 e. The van der Waals surface area contributed by atoms with E-state index in [2.05, 4.69) is 15.9 Å². The normalized spacial score (nSPS) is 21.5. The van der Waals surface area contributed by atoms with Gasteiger partial charge in [0.15, 0.2) is 0 Å². The van der Waals surface area contributed by atoms with Gasteiger partial charge >= 0.3 is 5.97 Å². The van der Waals surface area contributed by atoms with Crippen LogP contribution >= 0.6 is 27.7 Å². The van der Waals surface area contributed by atoms with Gasteiger partial charge in [0.2, 0.25) is 5.91 Å². The molecular formula is C15H18BrNO3S. The predicted octanol–water partition coefficient (Wildman–Crippen LogP) is 3.25. The van der Waals surface area contributed by atoms with Crippen LogP contribution in [0.15, 0.2) is 33.6 Å². The minimum Gasteiger partial charge on any atom is -0.481 e. The molecule has 2 atom stereocenters. The number of nitrogens with zero attached hydrogens (tertiary/aromatic N) is 1. The van der Waals surface area contributed by atoms with Gasteiger partial charge in [-0.25, -0.2) is 0 Å². The van der Waals surface area contributed by atoms with Crippen LogP contribution in [0.25, 0.3) is 0 Å². The first-order chi connectivity index (χ1) is 10.0. The molecule has 0 saturated carbocycles. The number of rotatable bonds is 5. The molecule has 1 aromatic carbocycles. The molecule has 1 heterocycles. The second kappa shape index (κ2) is 7.31. The van der Waals surface area contributed by atoms with Gasteiger partial charge in [-0.1, -0.05) is 12.1 Å². The van der Waals surface area contributed by atoms with Crippen LogP contribution < -0.4 is 0 Å². The SMILES string of the molecule is CC1C(C(=O)O)CCN1C(=O)CCSc1ccccc1Br. The first kappa shape index (κ1) is 16.4. The number of carboxylic acid groups (broad SMARTS) is 1. The number of carboxylic acids is 1. The Kier molecular flexibility index (Phi) is 5.70. The van der Waals surface area contributed by atoms with Gasteiger partial charge in [-0.15, -0.1) is 11.8 Å². The Morgan fingerprint density at radius 2 is 2.14 bits per heavy atom. The third kappa shape index (κ3) is 4.01. The Balaban J connectivity index is 1.83. The van der Waals surface area contributed by atoms with Crippen molar-refractivity contribution >= 4 is 39.6 Å². The van der Waals surface area contributed by atoms with Crippen LogP contribution in [-0.4, -0.2) is 40.2 Å². The quantitative estimate of drug-likeness (QED) is 0.807. The van der Waals surface area contributed by atoms with Gasteiger partial charge in [0, 0.05) is 34.1 Å². The van der Waals surface area contributed by atoms with Crippen molar-refractivity contribution in [2.75, 3.05) is 12.3 Å². The number of carbonyl (C=O) groups is 2. The summed E-state index contributed by atoms with van der Waals surface area (Å²) < 4.78 is 1.03. The van der Waals surface area contributed by atoms with Crippen LogP contribution in [0, 0.1) is 5.92 Å². The number of hydrogen-bond donors (Lipinski definition) is 1. The van der Waals surface area contributed by atoms with E-state index in [1.54, 1.807) is 16.7 Å². The standard InChI is InChI=1S/C15H18BrNO3S/c1-10-11(15(19)20)6-8-17(10)14(18)7-9-21-13-5-3-2-4-12(13)16/h2-5,10-11H,6-9H2,1H3,(H,19,20). The van der Waals surface area contributed by atoms with Crippen molar-refractivity contribution in [2.45, 2.75) is 30.7 Å². The molecule has 0 aliphatic carbocycles. The molecule has 0 bridgehead atoms. The van der Waals surface area contributed by atoms with Gasteiger partial charge in [0.1, 0.15) is 0 Å². The molecule has 4 nitrogen and oxygen atoms in total. The number of thioether (sulfide) groups is 1. The fourth-order valence-electron chi connectivity index (χ4n) is 2.58. The van der Waals surface area contributed by atoms with Gasteiger partial charge in [0.05, 0.1) is 5.92 Å². The summed E-state index contributed by atoms with van der Waals surface area (Å²) in [7, 11) is 0. The van der Waals surface area contributed by atoms with E-state index in [9.17, 15) is 9.59 Å². The van der Waals surface area contributed by atoms with E-state index in [1.165, 1.54) is 0 Å². The maximum absolute atomic E-state index is 12.2. The third-order valence-electron chi connectivity index (χ3n) is 3.80. The van der Waals surface area contributed by atoms with E-state index in [0.717, 1.165) is 9.37 Å². The molecule has 6 heteroatoms. The lowest BCUT2D eigenvalue weighted by molar-refractivity contribution is -0.143. The van der Waals surface area contributed by atoms with Crippen molar-refractivity contribution in [3.63, 3.8) is 0 Å². The third-order valence-corrected chi connectivity index (χ3v) is 5.83. The molecule has 0 spiro atoms. The fourth-order valence-corrected chi connectivity index (χ4v) is 4.08. The van der Waals surface area contributed by atoms with Crippen molar-refractivity contribution in [1.82, 2.24) is 4.90 Å². The van der Waals surface area contributed by atoms with E-state index in [-0.39, 0.29) is 11.9 Å². The van der Waals surface area contributed by atoms with Crippen LogP contribution in [0.4, 0.5) is 0 Å². The van der Waals surface area contributed by atoms with Crippen LogP contribution in [0.1, 0.15) is 19.8 Å². The Hall–Kier alpha value is -1.01. The lowest BCUT2D eigenvalue weighted by Gasteiger charge is -2.23. The Morgan fingerprint density at radius 1 is 1.43 bits per heavy atom. The van der Waals surface area contributed by atoms with Gasteiger partial charge in [-0.05, 0) is 41.4 Å². The fraction of sp³-hybridized carbons (Fsp3) is 0.467. The highest BCUT2D eigenvalue weighted by Gasteiger charge is 2.37. The molecule has 1 saturated heterocycles. The highest BCUT2D eigenvalue weighted by Crippen LogP contribution is 2.29. The Labute approximate surface area is 137 Å². The van der Waals surface area contributed by atoms with Crippen LogP contribution in [0.2, 0.25) is 0 Å². The number of hydrogen-bond acceptors (Lipinski definition) is 3. The Bertz CT molecular complexity index is 537. The molecule has 21 heavy (non-hydrogen) atoms. The first-order valence-electron chi connectivity index (χ1n) is 6.90. The van der Waals surface area contributed by atoms with Gasteiger partial charge < -0.3 is 10.0 Å². The summed E-state index contributed by atoms with van der Waals surface area (Å²) in [5, 5.41) is 9.09. The number of carbonyl (C=O) groups excluding carboxylic acids is 1. The van der Waals surface area contributed by atoms with E-state index < -0.39 is 11.9 Å². The van der Waals surface area contributed by atoms with Crippen LogP contribution in [0.5, 0.6) is 0 Å². The number of likely N-dealkylation sites (tertiary alicyclic amines) is 1. The molecule has 1 aliphatic heterocycles. The molecule has 0 aromatic heterocycles. The average molecular weight is 372 g/mol. The summed E-state index contributed by atoms with van der Waals surface area (Å²) in [6, 6.07) is 7.71. The highest BCUT2D eigenvalue weighted by atomic mass is 79.9. The average Bonchev–Trinajstić information content (AvgIpc) is 2.83. The van der Waals surface area contributed by atoms with Crippen molar-refractivity contribution in [3.05, 3.63) is 28.7 Å². The number of halogens is 1. The van der Waals surface area contributed by atoms with Gasteiger partial charge in [-0.2, -0.15) is 0 Å². The highest BCUT2D eigenvalue weighted by molar-refractivity contribution is 9.10. The summed E-state index contributed by atoms with van der Waals surface area (Å²) in [6.07, 6.45) is 0.988. The minimum atomic E-state index is -0.805. The summed E-state index contributed by atoms with van der Waals surface area (Å²) in [6.45, 7) is 2.38. The van der Waals surface area contributed by atoms with E-state index in [1.807, 2.05) is 31.2 Å². The molecule has 1 fully saturated rings. The lowest BCUT2D eigenvalue weighted by Crippen LogP contribution is -2.37. The zero-order chi connectivity index (χ0) is 15.4. The number of amides is 1. The molecule has 114 valence electrons. The molecule has 0 radical (unpaired) electrons. The van der Waals surface area contributed by atoms with E-state index >= 15 is 0 Å². The van der Waals surface area contributed by atoms with Gasteiger partial charge in [-0.3, -0.25) is 9.59 Å². The van der Waals surface area contributed by atoms with E-state index in [0.29, 0.717) is 25.1 Å². The molecular weight excluding hydrogens is 354 g/mol. The van der Waals surface area contributed by atoms with E-state index in [4.69, 9.17) is 5.11 Å². The summed E-state index contributed by atoms with van der Waals surface area (Å²) in [5.74, 6) is -0.487. The van der Waals surface area contributed by atoms with Crippen molar-refractivity contribution in [2.24, 2.45) is 5.92 Å². The van der Waals surface area contributed by atoms with Crippen LogP contribution in [-0.2, 0) is 9.59 Å². The zero-order valence-electron chi connectivity index (χ0n) is 11.8. The van der Waals surface area contributed by atoms with Crippen molar-refractivity contribution in [1.29, 1.82) is 0 Å². The van der Waals surface area contributed by atoms with Gasteiger partial charge in [0.25, 0.3) is 0 Å². The zero-order valence-corrected chi connectivity index (χ0v) is 14.2. The predicted molar refractivity (Wildman–Crippen MR) is 86.4 cm³/mol. The topological polar surface area (TPSA) is 57.6 Å². The second-order valence-electron chi connectivity index (χ2n) is 5.09. The Morgan fingerprint density at radius 3 is 2.76 bits per heavy atom. The molecule has 1 amide bonds. The smallest absolute Gasteiger partial charge is 0.308 e. The van der Waals surface area contributed by atoms with Crippen LogP contribution in [0.3, 0.4) is 0 Å². The molecule has 1 aromatic rings. The molecule has 1 aliphatic rings. The maximum atomic E-state index is 12.2. The monoisotopic (exact) mass is 371 g/mol. The van der Waals surface area contributed by atoms with Crippen molar-refractivity contribution in [3.8, 4) is 0 Å². The summed E-state index contributed by atoms with van der Waals surface area (Å²) in [5.41, 5.74) is 0. The maximum Gasteiger partial charge on any atom is 0.308 e. The molecule has 2 unspecified atom stereocenters. The minimum absolute atomic E-state index is 0.0470. The molecule has 1 N–H and O–H groups in total. The number of benzene rings is 1. The number of aliphatic carboxylic acids is 1. The molecule has 2 rings (SSSR count). The lowest BCUT2D eigenvalue weighted by atomic mass is 10.0. The van der Waals surface area contributed by atoms with Crippen molar-refractivity contribution < 1.29 is 14.7 Å².